The number of rotatable bonds is 10. The maximum absolute atomic E-state index is 11.1. The zero-order valence-electron chi connectivity index (χ0n) is 32.8. The Morgan fingerprint density at radius 1 is 0.795 bits per heavy atom. The highest BCUT2D eigenvalue weighted by molar-refractivity contribution is 7.90. The summed E-state index contributed by atoms with van der Waals surface area (Å²) in [5.41, 5.74) is 3.77. The molecule has 0 amide bonds. The van der Waals surface area contributed by atoms with Crippen LogP contribution in [0.5, 0.6) is 0 Å². The molecule has 0 saturated heterocycles. The topological polar surface area (TPSA) is 55.4 Å². The van der Waals surface area contributed by atoms with Crippen LogP contribution in [0, 0.1) is 16.7 Å². The van der Waals surface area contributed by atoms with E-state index in [1.54, 1.807) is 0 Å². The molecule has 1 aromatic carbocycles. The summed E-state index contributed by atoms with van der Waals surface area (Å²) in [5, 5.41) is -0.0881. The van der Waals surface area contributed by atoms with E-state index >= 15 is 0 Å². The lowest BCUT2D eigenvalue weighted by Crippen LogP contribution is -2.32. The molecule has 0 bridgehead atoms. The van der Waals surface area contributed by atoms with Crippen LogP contribution in [0.25, 0.3) is 0 Å². The summed E-state index contributed by atoms with van der Waals surface area (Å²) < 4.78 is 30.3. The molecular formula is C39H77NO3S. The Kier molecular flexibility index (Phi) is 24.9. The van der Waals surface area contributed by atoms with Gasteiger partial charge in [-0.1, -0.05) is 133 Å². The van der Waals surface area contributed by atoms with Gasteiger partial charge >= 0.3 is 0 Å². The lowest BCUT2D eigenvalue weighted by molar-refractivity contribution is 0.0209. The van der Waals surface area contributed by atoms with E-state index in [2.05, 4.69) is 145 Å². The molecule has 1 fully saturated rings. The Bertz CT molecular complexity index is 923. The van der Waals surface area contributed by atoms with Crippen molar-refractivity contribution in [3.63, 3.8) is 0 Å². The van der Waals surface area contributed by atoms with Crippen molar-refractivity contribution >= 4 is 10.0 Å². The fourth-order valence-corrected chi connectivity index (χ4v) is 4.75. The minimum atomic E-state index is -2.94. The zero-order chi connectivity index (χ0) is 35.5. The third kappa shape index (κ3) is 26.1. The SMILES string of the molecule is CC.CC(C)(C)C(C)(C)C.CC(C)/C=C/C[C@H](C)OC(C)C.CC(C)NS(=O)(=O)C1CC1.CC(C)c1cccc(C(C)C)c1. The number of nitrogens with one attached hydrogen (secondary N) is 1. The van der Waals surface area contributed by atoms with Gasteiger partial charge < -0.3 is 4.74 Å². The lowest BCUT2D eigenvalue weighted by atomic mass is 9.71. The van der Waals surface area contributed by atoms with Crippen molar-refractivity contribution in [1.82, 2.24) is 4.72 Å². The predicted octanol–water partition coefficient (Wildman–Crippen LogP) is 11.9. The van der Waals surface area contributed by atoms with E-state index in [1.165, 1.54) is 11.1 Å². The van der Waals surface area contributed by atoms with Crippen molar-refractivity contribution in [3.8, 4) is 0 Å². The van der Waals surface area contributed by atoms with Crippen LogP contribution >= 0.6 is 0 Å². The average Bonchev–Trinajstić information content (AvgIpc) is 3.70. The third-order valence-corrected chi connectivity index (χ3v) is 9.50. The molecule has 0 heterocycles. The van der Waals surface area contributed by atoms with Gasteiger partial charge in [-0.15, -0.1) is 0 Å². The quantitative estimate of drug-likeness (QED) is 0.259. The first-order valence-corrected chi connectivity index (χ1v) is 18.9. The average molecular weight is 640 g/mol. The van der Waals surface area contributed by atoms with E-state index < -0.39 is 10.0 Å². The van der Waals surface area contributed by atoms with E-state index in [4.69, 9.17) is 4.74 Å². The standard InChI is InChI=1S/C12H18.C11H22O.C8H18.C6H13NO2S.C2H6/c1-9(2)11-6-5-7-12(8-11)10(3)4;1-9(2)7-6-8-11(5)12-10(3)4;1-7(2,3)8(4,5)6;1-5(2)7-10(8,9)6-3-4-6;1-2/h5-10H,1-4H3;6-7,9-11H,8H2,1-5H3;1-6H3;5-7H,3-4H2,1-2H3;1-2H3/b;7-6+;;;/t;11-;;;/m.0.../s1. The summed E-state index contributed by atoms with van der Waals surface area (Å²) in [7, 11) is -2.94. The van der Waals surface area contributed by atoms with Gasteiger partial charge in [0, 0.05) is 6.04 Å². The minimum Gasteiger partial charge on any atom is -0.376 e. The summed E-state index contributed by atoms with van der Waals surface area (Å²) in [4.78, 5) is 0. The summed E-state index contributed by atoms with van der Waals surface area (Å²) in [6.07, 6.45) is 7.81. The number of sulfonamides is 1. The van der Waals surface area contributed by atoms with Crippen LogP contribution in [0.3, 0.4) is 0 Å². The van der Waals surface area contributed by atoms with Crippen molar-refractivity contribution < 1.29 is 13.2 Å². The first-order chi connectivity index (χ1) is 19.9. The monoisotopic (exact) mass is 640 g/mol. The lowest BCUT2D eigenvalue weighted by Gasteiger charge is -2.34. The van der Waals surface area contributed by atoms with E-state index in [1.807, 2.05) is 27.7 Å². The van der Waals surface area contributed by atoms with Crippen LogP contribution in [0.1, 0.15) is 174 Å². The molecule has 1 aliphatic rings. The number of allylic oxidation sites excluding steroid dienone is 1. The van der Waals surface area contributed by atoms with E-state index in [0.29, 0.717) is 40.8 Å². The second-order valence-corrected chi connectivity index (χ2v) is 17.4. The molecule has 1 aliphatic carbocycles. The van der Waals surface area contributed by atoms with Crippen LogP contribution < -0.4 is 4.72 Å². The van der Waals surface area contributed by atoms with Crippen LogP contribution in [0.2, 0.25) is 0 Å². The molecule has 262 valence electrons. The van der Waals surface area contributed by atoms with Crippen LogP contribution in [0.4, 0.5) is 0 Å². The van der Waals surface area contributed by atoms with Crippen LogP contribution in [0.15, 0.2) is 36.4 Å². The Morgan fingerprint density at radius 2 is 1.20 bits per heavy atom. The van der Waals surface area contributed by atoms with Crippen molar-refractivity contribution in [2.75, 3.05) is 0 Å². The number of hydrogen-bond acceptors (Lipinski definition) is 3. The fraction of sp³-hybridized carbons (Fsp3) is 0.795. The minimum absolute atomic E-state index is 0.0330. The fourth-order valence-electron chi connectivity index (χ4n) is 3.14. The highest BCUT2D eigenvalue weighted by Crippen LogP contribution is 2.36. The van der Waals surface area contributed by atoms with Gasteiger partial charge in [0.2, 0.25) is 10.0 Å². The molecule has 0 aromatic heterocycles. The van der Waals surface area contributed by atoms with Gasteiger partial charge in [-0.3, -0.25) is 0 Å². The normalized spacial score (nSPS) is 14.4. The molecule has 0 spiro atoms. The number of hydrogen-bond donors (Lipinski definition) is 1. The Morgan fingerprint density at radius 3 is 1.48 bits per heavy atom. The molecule has 1 N–H and O–H groups in total. The summed E-state index contributed by atoms with van der Waals surface area (Å²) in [6.45, 7) is 40.9. The second kappa shape index (κ2) is 23.2. The van der Waals surface area contributed by atoms with Crippen LogP contribution in [-0.4, -0.2) is 31.9 Å². The third-order valence-electron chi connectivity index (χ3n) is 7.35. The molecule has 0 radical (unpaired) electrons. The first-order valence-electron chi connectivity index (χ1n) is 17.3. The predicted molar refractivity (Wildman–Crippen MR) is 199 cm³/mol. The Labute approximate surface area is 277 Å². The second-order valence-electron chi connectivity index (χ2n) is 15.4. The van der Waals surface area contributed by atoms with Crippen molar-refractivity contribution in [2.45, 2.75) is 186 Å². The molecule has 4 nitrogen and oxygen atoms in total. The zero-order valence-corrected chi connectivity index (χ0v) is 33.6. The van der Waals surface area contributed by atoms with Gasteiger partial charge in [0.15, 0.2) is 0 Å². The molecule has 0 unspecified atom stereocenters. The first kappa shape index (κ1) is 47.2. The summed E-state index contributed by atoms with van der Waals surface area (Å²) >= 11 is 0. The van der Waals surface area contributed by atoms with Gasteiger partial charge in [-0.2, -0.15) is 0 Å². The summed E-state index contributed by atoms with van der Waals surface area (Å²) in [5.74, 6) is 1.93. The van der Waals surface area contributed by atoms with Gasteiger partial charge in [0.05, 0.1) is 17.5 Å². The molecule has 44 heavy (non-hydrogen) atoms. The van der Waals surface area contributed by atoms with E-state index in [0.717, 1.165) is 19.3 Å². The van der Waals surface area contributed by atoms with Gasteiger partial charge in [-0.05, 0) is 93.6 Å². The number of benzene rings is 1. The molecular weight excluding hydrogens is 563 g/mol. The van der Waals surface area contributed by atoms with Crippen LogP contribution in [-0.2, 0) is 14.8 Å². The van der Waals surface area contributed by atoms with Gasteiger partial charge in [-0.25, -0.2) is 13.1 Å². The van der Waals surface area contributed by atoms with Crippen molar-refractivity contribution in [3.05, 3.63) is 47.5 Å². The highest BCUT2D eigenvalue weighted by atomic mass is 32.2. The Balaban J connectivity index is -0.000000505. The van der Waals surface area contributed by atoms with E-state index in [-0.39, 0.29) is 11.3 Å². The molecule has 0 aliphatic heterocycles. The van der Waals surface area contributed by atoms with Crippen molar-refractivity contribution in [1.29, 1.82) is 0 Å². The van der Waals surface area contributed by atoms with E-state index in [9.17, 15) is 8.42 Å². The van der Waals surface area contributed by atoms with Gasteiger partial charge in [0.1, 0.15) is 0 Å². The largest absolute Gasteiger partial charge is 0.376 e. The molecule has 2 rings (SSSR count). The molecule has 1 atom stereocenters. The maximum atomic E-state index is 11.1. The van der Waals surface area contributed by atoms with Crippen molar-refractivity contribution in [2.24, 2.45) is 16.7 Å². The smallest absolute Gasteiger partial charge is 0.214 e. The Hall–Kier alpha value is -1.17. The van der Waals surface area contributed by atoms with Gasteiger partial charge in [0.25, 0.3) is 0 Å². The summed E-state index contributed by atoms with van der Waals surface area (Å²) in [6, 6.07) is 8.91. The molecule has 5 heteroatoms. The molecule has 1 aromatic rings. The number of ether oxygens (including phenoxy) is 1. The highest BCUT2D eigenvalue weighted by Gasteiger charge is 2.35. The molecule has 1 saturated carbocycles. The maximum Gasteiger partial charge on any atom is 0.214 e.